The van der Waals surface area contributed by atoms with Crippen LogP contribution in [0.4, 0.5) is 11.4 Å². The molecule has 0 unspecified atom stereocenters. The Morgan fingerprint density at radius 3 is 2.32 bits per heavy atom. The maximum Gasteiger partial charge on any atom is 0.255 e. The summed E-state index contributed by atoms with van der Waals surface area (Å²) >= 11 is 0. The van der Waals surface area contributed by atoms with Crippen molar-refractivity contribution in [1.29, 1.82) is 0 Å². The summed E-state index contributed by atoms with van der Waals surface area (Å²) in [6.07, 6.45) is 0.978. The third-order valence-electron chi connectivity index (χ3n) is 3.16. The van der Waals surface area contributed by atoms with Crippen LogP contribution in [0.25, 0.3) is 0 Å². The lowest BCUT2D eigenvalue weighted by atomic mass is 10.2. The molecule has 2 amide bonds. The number of hydrogen-bond acceptors (Lipinski definition) is 5. The maximum atomic E-state index is 12.3. The lowest BCUT2D eigenvalue weighted by molar-refractivity contribution is -0.113. The third-order valence-corrected chi connectivity index (χ3v) is 3.95. The summed E-state index contributed by atoms with van der Waals surface area (Å²) in [4.78, 5) is 24.0. The summed E-state index contributed by atoms with van der Waals surface area (Å²) in [7, 11) is -1.97. The molecular formula is C17H18N2O5S. The van der Waals surface area contributed by atoms with Gasteiger partial charge in [-0.2, -0.15) is 0 Å². The Bertz CT molecular complexity index is 879. The molecule has 0 atom stereocenters. The molecule has 0 saturated heterocycles. The molecule has 0 aliphatic rings. The maximum absolute atomic E-state index is 12.3. The van der Waals surface area contributed by atoms with Gasteiger partial charge in [-0.15, -0.1) is 0 Å². The second-order valence-corrected chi connectivity index (χ2v) is 7.49. The number of ether oxygens (including phenoxy) is 1. The molecule has 0 fully saturated rings. The SMILES string of the molecule is COc1ccc(NC(=O)CS(C)(=O)=O)cc1NC(=O)c1ccccc1. The van der Waals surface area contributed by atoms with Crippen molar-refractivity contribution < 1.29 is 22.7 Å². The Morgan fingerprint density at radius 1 is 1.04 bits per heavy atom. The van der Waals surface area contributed by atoms with Gasteiger partial charge < -0.3 is 15.4 Å². The summed E-state index contributed by atoms with van der Waals surface area (Å²) < 4.78 is 27.5. The first-order valence-corrected chi connectivity index (χ1v) is 9.36. The highest BCUT2D eigenvalue weighted by molar-refractivity contribution is 7.91. The molecule has 0 spiro atoms. The lowest BCUT2D eigenvalue weighted by Crippen LogP contribution is -2.22. The number of hydrogen-bond donors (Lipinski definition) is 2. The van der Waals surface area contributed by atoms with E-state index in [1.54, 1.807) is 42.5 Å². The van der Waals surface area contributed by atoms with Gasteiger partial charge in [-0.05, 0) is 30.3 Å². The van der Waals surface area contributed by atoms with Gasteiger partial charge in [0.1, 0.15) is 11.5 Å². The molecule has 2 aromatic carbocycles. The number of carbonyl (C=O) groups is 2. The molecule has 0 aliphatic heterocycles. The predicted molar refractivity (Wildman–Crippen MR) is 95.7 cm³/mol. The van der Waals surface area contributed by atoms with Crippen molar-refractivity contribution in [3.8, 4) is 5.75 Å². The summed E-state index contributed by atoms with van der Waals surface area (Å²) in [5, 5.41) is 5.18. The molecule has 2 N–H and O–H groups in total. The van der Waals surface area contributed by atoms with Crippen LogP contribution in [-0.2, 0) is 14.6 Å². The van der Waals surface area contributed by atoms with Gasteiger partial charge in [-0.3, -0.25) is 9.59 Å². The fourth-order valence-corrected chi connectivity index (χ4v) is 2.65. The third kappa shape index (κ3) is 5.61. The Morgan fingerprint density at radius 2 is 1.72 bits per heavy atom. The van der Waals surface area contributed by atoms with Gasteiger partial charge in [-0.1, -0.05) is 18.2 Å². The molecule has 0 bridgehead atoms. The number of anilines is 2. The van der Waals surface area contributed by atoms with Gasteiger partial charge >= 0.3 is 0 Å². The van der Waals surface area contributed by atoms with Crippen molar-refractivity contribution in [3.63, 3.8) is 0 Å². The number of rotatable bonds is 6. The van der Waals surface area contributed by atoms with Crippen LogP contribution in [0.5, 0.6) is 5.75 Å². The number of benzene rings is 2. The Hall–Kier alpha value is -2.87. The van der Waals surface area contributed by atoms with E-state index in [-0.39, 0.29) is 5.91 Å². The van der Waals surface area contributed by atoms with Crippen molar-refractivity contribution in [2.75, 3.05) is 29.8 Å². The average Bonchev–Trinajstić information content (AvgIpc) is 2.54. The number of sulfone groups is 1. The van der Waals surface area contributed by atoms with Crippen LogP contribution in [0.3, 0.4) is 0 Å². The summed E-state index contributed by atoms with van der Waals surface area (Å²) in [5.41, 5.74) is 1.17. The first-order valence-electron chi connectivity index (χ1n) is 7.30. The molecule has 132 valence electrons. The van der Waals surface area contributed by atoms with E-state index in [1.165, 1.54) is 13.2 Å². The topological polar surface area (TPSA) is 102 Å². The minimum atomic E-state index is -3.43. The van der Waals surface area contributed by atoms with Crippen molar-refractivity contribution in [2.45, 2.75) is 0 Å². The summed E-state index contributed by atoms with van der Waals surface area (Å²) in [5.74, 6) is -1.21. The quantitative estimate of drug-likeness (QED) is 0.818. The molecule has 2 aromatic rings. The van der Waals surface area contributed by atoms with E-state index in [2.05, 4.69) is 10.6 Å². The molecule has 0 aliphatic carbocycles. The zero-order chi connectivity index (χ0) is 18.4. The van der Waals surface area contributed by atoms with Gasteiger partial charge in [-0.25, -0.2) is 8.42 Å². The molecule has 2 rings (SSSR count). The average molecular weight is 362 g/mol. The Labute approximate surface area is 145 Å². The van der Waals surface area contributed by atoms with Crippen LogP contribution >= 0.6 is 0 Å². The van der Waals surface area contributed by atoms with Gasteiger partial charge in [0.15, 0.2) is 9.84 Å². The monoisotopic (exact) mass is 362 g/mol. The number of nitrogens with one attached hydrogen (secondary N) is 2. The number of amides is 2. The molecule has 0 aromatic heterocycles. The second-order valence-electron chi connectivity index (χ2n) is 5.35. The van der Waals surface area contributed by atoms with Gasteiger partial charge in [0.2, 0.25) is 5.91 Å². The van der Waals surface area contributed by atoms with E-state index >= 15 is 0 Å². The van der Waals surface area contributed by atoms with E-state index in [1.807, 2.05) is 0 Å². The lowest BCUT2D eigenvalue weighted by Gasteiger charge is -2.13. The van der Waals surface area contributed by atoms with E-state index in [4.69, 9.17) is 4.74 Å². The van der Waals surface area contributed by atoms with Crippen molar-refractivity contribution >= 4 is 33.0 Å². The minimum absolute atomic E-state index is 0.335. The van der Waals surface area contributed by atoms with Crippen LogP contribution < -0.4 is 15.4 Å². The van der Waals surface area contributed by atoms with Crippen LogP contribution in [0.2, 0.25) is 0 Å². The molecule has 0 heterocycles. The van der Waals surface area contributed by atoms with Gasteiger partial charge in [0, 0.05) is 17.5 Å². The number of carbonyl (C=O) groups excluding carboxylic acids is 2. The fraction of sp³-hybridized carbons (Fsp3) is 0.176. The van der Waals surface area contributed by atoms with Gasteiger partial charge in [0.05, 0.1) is 12.8 Å². The van der Waals surface area contributed by atoms with E-state index in [0.29, 0.717) is 22.7 Å². The van der Waals surface area contributed by atoms with Gasteiger partial charge in [0.25, 0.3) is 5.91 Å². The molecule has 0 radical (unpaired) electrons. The summed E-state index contributed by atoms with van der Waals surface area (Å²) in [6.45, 7) is 0. The van der Waals surface area contributed by atoms with Crippen molar-refractivity contribution in [3.05, 3.63) is 54.1 Å². The van der Waals surface area contributed by atoms with E-state index in [0.717, 1.165) is 6.26 Å². The molecule has 25 heavy (non-hydrogen) atoms. The first kappa shape index (κ1) is 18.5. The highest BCUT2D eigenvalue weighted by Crippen LogP contribution is 2.28. The van der Waals surface area contributed by atoms with E-state index in [9.17, 15) is 18.0 Å². The zero-order valence-corrected chi connectivity index (χ0v) is 14.6. The molecule has 7 nitrogen and oxygen atoms in total. The highest BCUT2D eigenvalue weighted by atomic mass is 32.2. The zero-order valence-electron chi connectivity index (χ0n) is 13.8. The fourth-order valence-electron chi connectivity index (χ4n) is 2.10. The highest BCUT2D eigenvalue weighted by Gasteiger charge is 2.14. The number of methoxy groups -OCH3 is 1. The summed E-state index contributed by atoms with van der Waals surface area (Å²) in [6, 6.07) is 13.2. The smallest absolute Gasteiger partial charge is 0.255 e. The molecule has 0 saturated carbocycles. The van der Waals surface area contributed by atoms with Crippen LogP contribution in [0, 0.1) is 0 Å². The van der Waals surface area contributed by atoms with Crippen LogP contribution in [0.15, 0.2) is 48.5 Å². The minimum Gasteiger partial charge on any atom is -0.495 e. The normalized spacial score (nSPS) is 10.8. The van der Waals surface area contributed by atoms with Crippen molar-refractivity contribution in [2.24, 2.45) is 0 Å². The standard InChI is InChI=1S/C17H18N2O5S/c1-24-15-9-8-13(18-16(20)11-25(2,22)23)10-14(15)19-17(21)12-6-4-3-5-7-12/h3-10H,11H2,1-2H3,(H,18,20)(H,19,21). The largest absolute Gasteiger partial charge is 0.495 e. The Kier molecular flexibility index (Phi) is 5.76. The molecular weight excluding hydrogens is 344 g/mol. The predicted octanol–water partition coefficient (Wildman–Crippen LogP) is 1.93. The first-order chi connectivity index (χ1) is 11.8. The van der Waals surface area contributed by atoms with E-state index < -0.39 is 21.5 Å². The second kappa shape index (κ2) is 7.80. The Balaban J connectivity index is 2.19. The van der Waals surface area contributed by atoms with Crippen LogP contribution in [-0.4, -0.2) is 39.4 Å². The van der Waals surface area contributed by atoms with Crippen LogP contribution in [0.1, 0.15) is 10.4 Å². The van der Waals surface area contributed by atoms with Crippen molar-refractivity contribution in [1.82, 2.24) is 0 Å². The molecule has 8 heteroatoms.